The molecule has 0 saturated carbocycles. The van der Waals surface area contributed by atoms with Gasteiger partial charge in [0.25, 0.3) is 0 Å². The standard InChI is InChI=1S/C10H17ClO3/c11-7-9-8(14-9)4-6-13-10-3-1-2-5-12-10/h8-10H,1-7H2/t8-,9-,10?/m1/s1. The summed E-state index contributed by atoms with van der Waals surface area (Å²) in [6.07, 6.45) is 4.98. The van der Waals surface area contributed by atoms with Crippen molar-refractivity contribution in [1.82, 2.24) is 0 Å². The van der Waals surface area contributed by atoms with Gasteiger partial charge in [0.05, 0.1) is 24.7 Å². The van der Waals surface area contributed by atoms with Gasteiger partial charge in [-0.25, -0.2) is 0 Å². The minimum absolute atomic E-state index is 0.0250. The van der Waals surface area contributed by atoms with Gasteiger partial charge in [-0.2, -0.15) is 0 Å². The van der Waals surface area contributed by atoms with Crippen molar-refractivity contribution in [2.75, 3.05) is 19.1 Å². The van der Waals surface area contributed by atoms with Gasteiger partial charge in [-0.1, -0.05) is 0 Å². The van der Waals surface area contributed by atoms with Crippen LogP contribution in [0.3, 0.4) is 0 Å². The van der Waals surface area contributed by atoms with Crippen molar-refractivity contribution < 1.29 is 14.2 Å². The van der Waals surface area contributed by atoms with E-state index in [0.29, 0.717) is 12.0 Å². The van der Waals surface area contributed by atoms with Gasteiger partial charge in [-0.05, 0) is 25.7 Å². The predicted molar refractivity (Wildman–Crippen MR) is 53.5 cm³/mol. The lowest BCUT2D eigenvalue weighted by atomic mass is 10.2. The van der Waals surface area contributed by atoms with E-state index < -0.39 is 0 Å². The minimum atomic E-state index is 0.0250. The Morgan fingerprint density at radius 3 is 2.86 bits per heavy atom. The van der Waals surface area contributed by atoms with Crippen molar-refractivity contribution in [3.05, 3.63) is 0 Å². The van der Waals surface area contributed by atoms with Gasteiger partial charge in [0.1, 0.15) is 0 Å². The van der Waals surface area contributed by atoms with E-state index in [2.05, 4.69) is 0 Å². The summed E-state index contributed by atoms with van der Waals surface area (Å²) in [5.74, 6) is 0.602. The van der Waals surface area contributed by atoms with Gasteiger partial charge >= 0.3 is 0 Å². The molecule has 3 atom stereocenters. The van der Waals surface area contributed by atoms with Crippen molar-refractivity contribution in [3.63, 3.8) is 0 Å². The topological polar surface area (TPSA) is 31.0 Å². The molecule has 4 heteroatoms. The first-order valence-corrected chi connectivity index (χ1v) is 5.88. The molecule has 2 fully saturated rings. The van der Waals surface area contributed by atoms with E-state index in [9.17, 15) is 0 Å². The van der Waals surface area contributed by atoms with E-state index in [1.165, 1.54) is 12.8 Å². The number of hydrogen-bond acceptors (Lipinski definition) is 3. The van der Waals surface area contributed by atoms with Crippen molar-refractivity contribution >= 4 is 11.6 Å². The highest BCUT2D eigenvalue weighted by molar-refractivity contribution is 6.18. The van der Waals surface area contributed by atoms with Crippen LogP contribution in [-0.4, -0.2) is 37.6 Å². The quantitative estimate of drug-likeness (QED) is 0.524. The fraction of sp³-hybridized carbons (Fsp3) is 1.00. The van der Waals surface area contributed by atoms with Crippen LogP contribution in [0, 0.1) is 0 Å². The zero-order valence-electron chi connectivity index (χ0n) is 8.28. The molecule has 14 heavy (non-hydrogen) atoms. The van der Waals surface area contributed by atoms with E-state index in [0.717, 1.165) is 26.1 Å². The summed E-state index contributed by atoms with van der Waals surface area (Å²) in [5, 5.41) is 0. The van der Waals surface area contributed by atoms with Crippen LogP contribution in [0.25, 0.3) is 0 Å². The number of alkyl halides is 1. The lowest BCUT2D eigenvalue weighted by Crippen LogP contribution is -2.23. The third kappa shape index (κ3) is 3.09. The molecule has 2 aliphatic rings. The Morgan fingerprint density at radius 2 is 2.21 bits per heavy atom. The molecule has 0 N–H and O–H groups in total. The second-order valence-corrected chi connectivity index (χ2v) is 4.13. The summed E-state index contributed by atoms with van der Waals surface area (Å²) in [6, 6.07) is 0. The summed E-state index contributed by atoms with van der Waals surface area (Å²) in [7, 11) is 0. The zero-order valence-corrected chi connectivity index (χ0v) is 9.04. The Kier molecular flexibility index (Phi) is 4.05. The van der Waals surface area contributed by atoms with E-state index >= 15 is 0 Å². The predicted octanol–water partition coefficient (Wildman–Crippen LogP) is 1.93. The highest BCUT2D eigenvalue weighted by atomic mass is 35.5. The largest absolute Gasteiger partial charge is 0.368 e. The molecule has 0 bridgehead atoms. The number of hydrogen-bond donors (Lipinski definition) is 0. The maximum Gasteiger partial charge on any atom is 0.157 e. The lowest BCUT2D eigenvalue weighted by molar-refractivity contribution is -0.163. The number of rotatable bonds is 5. The summed E-state index contributed by atoms with van der Waals surface area (Å²) in [6.45, 7) is 1.57. The molecule has 2 saturated heterocycles. The van der Waals surface area contributed by atoms with Gasteiger partial charge in [0.2, 0.25) is 0 Å². The van der Waals surface area contributed by atoms with E-state index in [1.54, 1.807) is 0 Å². The maximum absolute atomic E-state index is 5.63. The third-order valence-corrected chi connectivity index (χ3v) is 2.99. The summed E-state index contributed by atoms with van der Waals surface area (Å²) in [5.41, 5.74) is 0. The molecule has 0 aromatic carbocycles. The SMILES string of the molecule is ClC[C@H]1O[C@@H]1CCOC1CCCCO1. The normalized spacial score (nSPS) is 37.1. The van der Waals surface area contributed by atoms with Gasteiger partial charge in [0, 0.05) is 6.61 Å². The zero-order chi connectivity index (χ0) is 9.80. The molecule has 82 valence electrons. The van der Waals surface area contributed by atoms with Crippen LogP contribution in [0.4, 0.5) is 0 Å². The Balaban J connectivity index is 1.50. The Bertz CT molecular complexity index is 171. The number of halogens is 1. The third-order valence-electron chi connectivity index (χ3n) is 2.68. The van der Waals surface area contributed by atoms with Crippen LogP contribution in [0.15, 0.2) is 0 Å². The van der Waals surface area contributed by atoms with Crippen molar-refractivity contribution in [2.45, 2.75) is 44.2 Å². The Hall–Kier alpha value is 0.170. The van der Waals surface area contributed by atoms with Gasteiger partial charge in [0.15, 0.2) is 6.29 Å². The molecule has 0 amide bonds. The molecule has 2 aliphatic heterocycles. The molecule has 0 aromatic rings. The fourth-order valence-corrected chi connectivity index (χ4v) is 2.00. The molecule has 3 nitrogen and oxygen atoms in total. The molecular formula is C10H17ClO3. The molecule has 0 spiro atoms. The van der Waals surface area contributed by atoms with Crippen LogP contribution < -0.4 is 0 Å². The summed E-state index contributed by atoms with van der Waals surface area (Å²) < 4.78 is 16.3. The Morgan fingerprint density at radius 1 is 1.29 bits per heavy atom. The molecule has 2 heterocycles. The maximum atomic E-state index is 5.63. The van der Waals surface area contributed by atoms with Gasteiger partial charge in [-0.15, -0.1) is 11.6 Å². The van der Waals surface area contributed by atoms with Crippen LogP contribution >= 0.6 is 11.6 Å². The average molecular weight is 221 g/mol. The highest BCUT2D eigenvalue weighted by Gasteiger charge is 2.37. The average Bonchev–Trinajstić information content (AvgIpc) is 2.98. The molecular weight excluding hydrogens is 204 g/mol. The highest BCUT2D eigenvalue weighted by Crippen LogP contribution is 2.26. The van der Waals surface area contributed by atoms with Crippen LogP contribution in [0.5, 0.6) is 0 Å². The molecule has 0 aliphatic carbocycles. The van der Waals surface area contributed by atoms with Gasteiger partial charge < -0.3 is 14.2 Å². The molecule has 2 rings (SSSR count). The first-order valence-electron chi connectivity index (χ1n) is 5.35. The molecule has 0 aromatic heterocycles. The second-order valence-electron chi connectivity index (χ2n) is 3.82. The smallest absolute Gasteiger partial charge is 0.157 e. The number of epoxide rings is 1. The van der Waals surface area contributed by atoms with E-state index in [-0.39, 0.29) is 12.4 Å². The first kappa shape index (κ1) is 10.7. The van der Waals surface area contributed by atoms with Crippen LogP contribution in [0.2, 0.25) is 0 Å². The molecule has 0 radical (unpaired) electrons. The van der Waals surface area contributed by atoms with Crippen molar-refractivity contribution in [2.24, 2.45) is 0 Å². The summed E-state index contributed by atoms with van der Waals surface area (Å²) >= 11 is 5.63. The monoisotopic (exact) mass is 220 g/mol. The summed E-state index contributed by atoms with van der Waals surface area (Å²) in [4.78, 5) is 0. The van der Waals surface area contributed by atoms with Crippen molar-refractivity contribution in [1.29, 1.82) is 0 Å². The lowest BCUT2D eigenvalue weighted by Gasteiger charge is -2.22. The van der Waals surface area contributed by atoms with Crippen LogP contribution in [0.1, 0.15) is 25.7 Å². The van der Waals surface area contributed by atoms with Gasteiger partial charge in [-0.3, -0.25) is 0 Å². The number of ether oxygens (including phenoxy) is 3. The van der Waals surface area contributed by atoms with E-state index in [1.807, 2.05) is 0 Å². The fourth-order valence-electron chi connectivity index (χ4n) is 1.73. The van der Waals surface area contributed by atoms with Crippen LogP contribution in [-0.2, 0) is 14.2 Å². The Labute approximate surface area is 89.7 Å². The molecule has 1 unspecified atom stereocenters. The van der Waals surface area contributed by atoms with Crippen molar-refractivity contribution in [3.8, 4) is 0 Å². The first-order chi connectivity index (χ1) is 6.90. The minimum Gasteiger partial charge on any atom is -0.368 e. The second kappa shape index (κ2) is 5.31. The van der Waals surface area contributed by atoms with E-state index in [4.69, 9.17) is 25.8 Å².